The molecule has 1 heterocycles. The molecule has 8 heteroatoms. The first kappa shape index (κ1) is 19.6. The van der Waals surface area contributed by atoms with Crippen molar-refractivity contribution in [3.8, 4) is 6.07 Å². The summed E-state index contributed by atoms with van der Waals surface area (Å²) < 4.78 is 29.5. The molecule has 0 spiro atoms. The number of unbranched alkanes of at least 4 members (excludes halogenated alkanes) is 1. The van der Waals surface area contributed by atoms with Crippen molar-refractivity contribution in [1.82, 2.24) is 9.62 Å². The van der Waals surface area contributed by atoms with Gasteiger partial charge in [-0.05, 0) is 62.3 Å². The monoisotopic (exact) mass is 404 g/mol. The summed E-state index contributed by atoms with van der Waals surface area (Å²) in [5.41, 5.74) is 2.23. The van der Waals surface area contributed by atoms with Gasteiger partial charge < -0.3 is 5.32 Å². The second-order valence-electron chi connectivity index (χ2n) is 6.32. The Kier molecular flexibility index (Phi) is 6.02. The van der Waals surface area contributed by atoms with E-state index < -0.39 is 10.2 Å². The SMILES string of the molecule is CNCCCCN1Cc2cc(C#N)ccc2N(c2ccccc2Cl)S1(=O)=O. The summed E-state index contributed by atoms with van der Waals surface area (Å²) in [5.74, 6) is 0. The van der Waals surface area contributed by atoms with Crippen molar-refractivity contribution in [1.29, 1.82) is 5.26 Å². The summed E-state index contributed by atoms with van der Waals surface area (Å²) in [5, 5.41) is 12.6. The van der Waals surface area contributed by atoms with Crippen LogP contribution in [0.25, 0.3) is 0 Å². The van der Waals surface area contributed by atoms with Crippen LogP contribution in [0.4, 0.5) is 11.4 Å². The molecule has 2 aromatic rings. The zero-order valence-electron chi connectivity index (χ0n) is 15.0. The van der Waals surface area contributed by atoms with Crippen LogP contribution in [0, 0.1) is 11.3 Å². The molecule has 0 saturated carbocycles. The summed E-state index contributed by atoms with van der Waals surface area (Å²) in [7, 11) is -1.91. The van der Waals surface area contributed by atoms with E-state index in [0.29, 0.717) is 28.5 Å². The number of fused-ring (bicyclic) bond motifs is 1. The van der Waals surface area contributed by atoms with Crippen LogP contribution in [0.2, 0.25) is 5.02 Å². The van der Waals surface area contributed by atoms with E-state index >= 15 is 0 Å². The van der Waals surface area contributed by atoms with E-state index in [0.717, 1.165) is 24.9 Å². The highest BCUT2D eigenvalue weighted by molar-refractivity contribution is 7.91. The number of halogens is 1. The van der Waals surface area contributed by atoms with Gasteiger partial charge in [0.2, 0.25) is 0 Å². The smallest absolute Gasteiger partial charge is 0.308 e. The van der Waals surface area contributed by atoms with Gasteiger partial charge in [-0.25, -0.2) is 4.31 Å². The topological polar surface area (TPSA) is 76.4 Å². The average molecular weight is 405 g/mol. The Labute approximate surface area is 165 Å². The Balaban J connectivity index is 2.07. The molecule has 0 fully saturated rings. The second-order valence-corrected chi connectivity index (χ2v) is 8.51. The molecule has 0 unspecified atom stereocenters. The molecule has 0 aliphatic carbocycles. The first-order valence-corrected chi connectivity index (χ1v) is 10.5. The highest BCUT2D eigenvalue weighted by Crippen LogP contribution is 2.41. The predicted octanol–water partition coefficient (Wildman–Crippen LogP) is 3.41. The molecule has 1 aliphatic heterocycles. The Morgan fingerprint density at radius 2 is 1.96 bits per heavy atom. The molecule has 0 aromatic heterocycles. The minimum absolute atomic E-state index is 0.244. The maximum atomic E-state index is 13.4. The number of nitrogens with zero attached hydrogens (tertiary/aromatic N) is 3. The number of rotatable bonds is 6. The predicted molar refractivity (Wildman–Crippen MR) is 107 cm³/mol. The lowest BCUT2D eigenvalue weighted by Crippen LogP contribution is -2.45. The van der Waals surface area contributed by atoms with Gasteiger partial charge >= 0.3 is 10.2 Å². The van der Waals surface area contributed by atoms with Crippen molar-refractivity contribution >= 4 is 33.2 Å². The molecule has 0 atom stereocenters. The molecule has 27 heavy (non-hydrogen) atoms. The van der Waals surface area contributed by atoms with Crippen LogP contribution in [0.3, 0.4) is 0 Å². The zero-order valence-corrected chi connectivity index (χ0v) is 16.6. The lowest BCUT2D eigenvalue weighted by molar-refractivity contribution is 0.389. The van der Waals surface area contributed by atoms with Gasteiger partial charge in [0.15, 0.2) is 0 Å². The maximum Gasteiger partial charge on any atom is 0.308 e. The first-order chi connectivity index (χ1) is 13.0. The Morgan fingerprint density at radius 3 is 2.67 bits per heavy atom. The van der Waals surface area contributed by atoms with E-state index in [1.807, 2.05) is 7.05 Å². The minimum Gasteiger partial charge on any atom is -0.320 e. The van der Waals surface area contributed by atoms with E-state index in [1.165, 1.54) is 8.61 Å². The molecule has 2 aromatic carbocycles. The summed E-state index contributed by atoms with van der Waals surface area (Å²) in [4.78, 5) is 0. The van der Waals surface area contributed by atoms with Crippen molar-refractivity contribution < 1.29 is 8.42 Å². The van der Waals surface area contributed by atoms with Crippen LogP contribution >= 0.6 is 11.6 Å². The van der Waals surface area contributed by atoms with Crippen LogP contribution in [0.5, 0.6) is 0 Å². The lowest BCUT2D eigenvalue weighted by Gasteiger charge is -2.37. The van der Waals surface area contributed by atoms with E-state index in [4.69, 9.17) is 11.6 Å². The van der Waals surface area contributed by atoms with E-state index in [-0.39, 0.29) is 6.54 Å². The average Bonchev–Trinajstić information content (AvgIpc) is 2.66. The Bertz CT molecular complexity index is 972. The number of anilines is 2. The number of nitriles is 1. The number of para-hydroxylation sites is 1. The molecule has 0 saturated heterocycles. The number of hydrogen-bond acceptors (Lipinski definition) is 4. The largest absolute Gasteiger partial charge is 0.320 e. The molecule has 142 valence electrons. The molecular formula is C19H21ClN4O2S. The fraction of sp³-hybridized carbons (Fsp3) is 0.316. The van der Waals surface area contributed by atoms with Gasteiger partial charge in [0.25, 0.3) is 0 Å². The van der Waals surface area contributed by atoms with Crippen molar-refractivity contribution in [3.05, 3.63) is 58.6 Å². The van der Waals surface area contributed by atoms with Crippen LogP contribution < -0.4 is 9.62 Å². The third kappa shape index (κ3) is 3.94. The van der Waals surface area contributed by atoms with Gasteiger partial charge in [-0.2, -0.15) is 18.0 Å². The maximum absolute atomic E-state index is 13.4. The number of nitrogens with one attached hydrogen (secondary N) is 1. The van der Waals surface area contributed by atoms with Crippen molar-refractivity contribution in [2.24, 2.45) is 0 Å². The van der Waals surface area contributed by atoms with Gasteiger partial charge in [0.1, 0.15) is 0 Å². The zero-order chi connectivity index (χ0) is 19.4. The molecule has 6 nitrogen and oxygen atoms in total. The van der Waals surface area contributed by atoms with Crippen LogP contribution in [-0.4, -0.2) is 32.9 Å². The summed E-state index contributed by atoms with van der Waals surface area (Å²) in [6.07, 6.45) is 1.61. The van der Waals surface area contributed by atoms with Gasteiger partial charge in [-0.1, -0.05) is 23.7 Å². The standard InChI is InChI=1S/C19H21ClN4O2S/c1-22-10-4-5-11-23-14-16-12-15(13-21)8-9-18(16)24(27(23,25)26)19-7-3-2-6-17(19)20/h2-3,6-9,12,22H,4-5,10-11,14H2,1H3. The minimum atomic E-state index is -3.78. The van der Waals surface area contributed by atoms with Crippen LogP contribution in [-0.2, 0) is 16.8 Å². The van der Waals surface area contributed by atoms with E-state index in [9.17, 15) is 13.7 Å². The normalized spacial score (nSPS) is 16.0. The van der Waals surface area contributed by atoms with E-state index in [1.54, 1.807) is 42.5 Å². The van der Waals surface area contributed by atoms with Crippen molar-refractivity contribution in [2.45, 2.75) is 19.4 Å². The summed E-state index contributed by atoms with van der Waals surface area (Å²) in [6, 6.07) is 14.0. The summed E-state index contributed by atoms with van der Waals surface area (Å²) in [6.45, 7) is 1.48. The van der Waals surface area contributed by atoms with Crippen LogP contribution in [0.1, 0.15) is 24.0 Å². The lowest BCUT2D eigenvalue weighted by atomic mass is 10.1. The van der Waals surface area contributed by atoms with Gasteiger partial charge in [0, 0.05) is 13.1 Å². The van der Waals surface area contributed by atoms with Gasteiger partial charge in [-0.15, -0.1) is 0 Å². The molecule has 3 rings (SSSR count). The highest BCUT2D eigenvalue weighted by atomic mass is 35.5. The number of benzene rings is 2. The molecule has 0 amide bonds. The fourth-order valence-electron chi connectivity index (χ4n) is 3.15. The molecule has 1 aliphatic rings. The Morgan fingerprint density at radius 1 is 1.19 bits per heavy atom. The van der Waals surface area contributed by atoms with Crippen LogP contribution in [0.15, 0.2) is 42.5 Å². The Hall–Kier alpha value is -2.11. The quantitative estimate of drug-likeness (QED) is 0.748. The van der Waals surface area contributed by atoms with Gasteiger partial charge in [0.05, 0.1) is 28.0 Å². The number of hydrogen-bond donors (Lipinski definition) is 1. The molecular weight excluding hydrogens is 384 g/mol. The second kappa shape index (κ2) is 8.28. The molecule has 0 radical (unpaired) electrons. The first-order valence-electron chi connectivity index (χ1n) is 8.71. The third-order valence-electron chi connectivity index (χ3n) is 4.49. The van der Waals surface area contributed by atoms with E-state index in [2.05, 4.69) is 11.4 Å². The third-order valence-corrected chi connectivity index (χ3v) is 6.63. The molecule has 1 N–H and O–H groups in total. The van der Waals surface area contributed by atoms with Crippen molar-refractivity contribution in [2.75, 3.05) is 24.4 Å². The summed E-state index contributed by atoms with van der Waals surface area (Å²) >= 11 is 6.32. The van der Waals surface area contributed by atoms with Gasteiger partial charge in [-0.3, -0.25) is 0 Å². The fourth-order valence-corrected chi connectivity index (χ4v) is 5.14. The van der Waals surface area contributed by atoms with Crippen molar-refractivity contribution in [3.63, 3.8) is 0 Å². The molecule has 0 bridgehead atoms. The highest BCUT2D eigenvalue weighted by Gasteiger charge is 2.38.